The molecule has 1 saturated heterocycles. The molecule has 0 unspecified atom stereocenters. The van der Waals surface area contributed by atoms with Crippen molar-refractivity contribution in [2.45, 2.75) is 26.2 Å². The number of aromatic nitrogens is 2. The van der Waals surface area contributed by atoms with Gasteiger partial charge in [0.25, 0.3) is 11.6 Å². The van der Waals surface area contributed by atoms with Crippen molar-refractivity contribution in [3.8, 4) is 0 Å². The van der Waals surface area contributed by atoms with Gasteiger partial charge in [0.2, 0.25) is 0 Å². The Kier molecular flexibility index (Phi) is 4.91. The van der Waals surface area contributed by atoms with Gasteiger partial charge in [0.1, 0.15) is 16.7 Å². The summed E-state index contributed by atoms with van der Waals surface area (Å²) in [5, 5.41) is 14.5. The van der Waals surface area contributed by atoms with Crippen LogP contribution < -0.4 is 10.2 Å². The zero-order chi connectivity index (χ0) is 19.7. The molecule has 0 bridgehead atoms. The molecule has 1 aliphatic rings. The molecule has 28 heavy (non-hydrogen) atoms. The molecule has 2 aromatic carbocycles. The van der Waals surface area contributed by atoms with Crippen molar-refractivity contribution < 1.29 is 9.72 Å². The third-order valence-electron chi connectivity index (χ3n) is 5.01. The fourth-order valence-corrected chi connectivity index (χ4v) is 4.05. The first kappa shape index (κ1) is 18.3. The van der Waals surface area contributed by atoms with Gasteiger partial charge in [-0.2, -0.15) is 8.75 Å². The van der Waals surface area contributed by atoms with E-state index in [0.29, 0.717) is 22.4 Å². The molecule has 1 N–H and O–H groups in total. The smallest absolute Gasteiger partial charge is 0.293 e. The quantitative estimate of drug-likeness (QED) is 0.524. The Labute approximate surface area is 165 Å². The number of fused-ring (bicyclic) bond motifs is 1. The summed E-state index contributed by atoms with van der Waals surface area (Å²) in [5.41, 5.74) is 3.54. The number of nitrogens with zero attached hydrogens (tertiary/aromatic N) is 4. The molecule has 2 heterocycles. The number of anilines is 2. The molecule has 1 aromatic heterocycles. The number of carbonyl (C=O) groups excluding carboxylic acids is 1. The Hall–Kier alpha value is -3.07. The minimum Gasteiger partial charge on any atom is -0.366 e. The van der Waals surface area contributed by atoms with Crippen LogP contribution in [0.5, 0.6) is 0 Å². The van der Waals surface area contributed by atoms with E-state index in [0.717, 1.165) is 49.6 Å². The third kappa shape index (κ3) is 3.40. The third-order valence-corrected chi connectivity index (χ3v) is 5.55. The highest BCUT2D eigenvalue weighted by atomic mass is 32.1. The van der Waals surface area contributed by atoms with Gasteiger partial charge in [-0.05, 0) is 49.9 Å². The zero-order valence-corrected chi connectivity index (χ0v) is 16.2. The predicted molar refractivity (Wildman–Crippen MR) is 109 cm³/mol. The van der Waals surface area contributed by atoms with E-state index in [9.17, 15) is 14.9 Å². The lowest BCUT2D eigenvalue weighted by Crippen LogP contribution is -2.30. The van der Waals surface area contributed by atoms with Gasteiger partial charge < -0.3 is 10.2 Å². The molecule has 1 amide bonds. The van der Waals surface area contributed by atoms with Gasteiger partial charge in [-0.1, -0.05) is 6.07 Å². The first-order valence-corrected chi connectivity index (χ1v) is 9.84. The Balaban J connectivity index is 1.65. The summed E-state index contributed by atoms with van der Waals surface area (Å²) in [6.07, 6.45) is 3.18. The van der Waals surface area contributed by atoms with Gasteiger partial charge >= 0.3 is 0 Å². The first-order valence-electron chi connectivity index (χ1n) is 9.11. The van der Waals surface area contributed by atoms with Crippen LogP contribution in [0.3, 0.4) is 0 Å². The molecule has 4 rings (SSSR count). The number of carbonyl (C=O) groups is 1. The second-order valence-electron chi connectivity index (χ2n) is 6.85. The SMILES string of the molecule is Cc1ccc2nsnc2c1NC(=O)c1ccc(N2CCCCC2)c([N+](=O)[O-])c1. The largest absolute Gasteiger partial charge is 0.366 e. The second-order valence-corrected chi connectivity index (χ2v) is 7.38. The van der Waals surface area contributed by atoms with Crippen LogP contribution in [0, 0.1) is 17.0 Å². The number of nitrogens with one attached hydrogen (secondary N) is 1. The van der Waals surface area contributed by atoms with Crippen molar-refractivity contribution in [1.82, 2.24) is 8.75 Å². The minimum absolute atomic E-state index is 0.0418. The van der Waals surface area contributed by atoms with Crippen molar-refractivity contribution in [2.75, 3.05) is 23.3 Å². The molecule has 0 radical (unpaired) electrons. The highest BCUT2D eigenvalue weighted by Gasteiger charge is 2.23. The standard InChI is InChI=1S/C19H19N5O3S/c1-12-5-7-14-18(22-28-21-14)17(12)20-19(25)13-6-8-15(16(11-13)24(26)27)23-9-3-2-4-10-23/h5-8,11H,2-4,9-10H2,1H3,(H,20,25). The van der Waals surface area contributed by atoms with Crippen molar-refractivity contribution in [3.05, 3.63) is 51.6 Å². The summed E-state index contributed by atoms with van der Waals surface area (Å²) in [6.45, 7) is 3.46. The van der Waals surface area contributed by atoms with Gasteiger partial charge in [-0.3, -0.25) is 14.9 Å². The van der Waals surface area contributed by atoms with Crippen LogP contribution in [0.4, 0.5) is 17.1 Å². The highest BCUT2D eigenvalue weighted by Crippen LogP contribution is 2.32. The number of amides is 1. The molecule has 8 nitrogen and oxygen atoms in total. The van der Waals surface area contributed by atoms with Crippen LogP contribution in [0.15, 0.2) is 30.3 Å². The van der Waals surface area contributed by atoms with Crippen molar-refractivity contribution in [1.29, 1.82) is 0 Å². The van der Waals surface area contributed by atoms with Crippen molar-refractivity contribution >= 4 is 45.7 Å². The molecular weight excluding hydrogens is 378 g/mol. The molecular formula is C19H19N5O3S. The van der Waals surface area contributed by atoms with E-state index in [1.165, 1.54) is 6.07 Å². The lowest BCUT2D eigenvalue weighted by molar-refractivity contribution is -0.384. The van der Waals surface area contributed by atoms with E-state index < -0.39 is 10.8 Å². The van der Waals surface area contributed by atoms with Crippen LogP contribution in [0.25, 0.3) is 11.0 Å². The van der Waals surface area contributed by atoms with Gasteiger partial charge in [0.15, 0.2) is 0 Å². The highest BCUT2D eigenvalue weighted by molar-refractivity contribution is 7.00. The van der Waals surface area contributed by atoms with Crippen LogP contribution in [0.2, 0.25) is 0 Å². The maximum atomic E-state index is 12.8. The lowest BCUT2D eigenvalue weighted by Gasteiger charge is -2.28. The maximum Gasteiger partial charge on any atom is 0.293 e. The molecule has 1 fully saturated rings. The number of nitro benzene ring substituents is 1. The zero-order valence-electron chi connectivity index (χ0n) is 15.3. The van der Waals surface area contributed by atoms with E-state index in [-0.39, 0.29) is 11.3 Å². The number of hydrogen-bond donors (Lipinski definition) is 1. The Morgan fingerprint density at radius 1 is 1.18 bits per heavy atom. The van der Waals surface area contributed by atoms with Gasteiger partial charge in [-0.25, -0.2) is 0 Å². The normalized spacial score (nSPS) is 14.2. The fraction of sp³-hybridized carbons (Fsp3) is 0.316. The first-order chi connectivity index (χ1) is 13.5. The number of nitro groups is 1. The maximum absolute atomic E-state index is 12.8. The summed E-state index contributed by atoms with van der Waals surface area (Å²) in [6, 6.07) is 8.38. The number of aryl methyl sites for hydroxylation is 1. The number of piperidine rings is 1. The Bertz CT molecular complexity index is 1060. The molecule has 144 valence electrons. The Morgan fingerprint density at radius 3 is 2.71 bits per heavy atom. The summed E-state index contributed by atoms with van der Waals surface area (Å²) >= 11 is 1.08. The van der Waals surface area contributed by atoms with Crippen LogP contribution in [-0.2, 0) is 0 Å². The van der Waals surface area contributed by atoms with Crippen molar-refractivity contribution in [3.63, 3.8) is 0 Å². The lowest BCUT2D eigenvalue weighted by atomic mass is 10.1. The predicted octanol–water partition coefficient (Wildman–Crippen LogP) is 4.15. The molecule has 0 atom stereocenters. The van der Waals surface area contributed by atoms with Gasteiger partial charge in [-0.15, -0.1) is 0 Å². The van der Waals surface area contributed by atoms with E-state index in [2.05, 4.69) is 14.1 Å². The van der Waals surface area contributed by atoms with Gasteiger partial charge in [0.05, 0.1) is 22.3 Å². The number of hydrogen-bond acceptors (Lipinski definition) is 7. The molecule has 0 saturated carbocycles. The molecule has 1 aliphatic heterocycles. The number of rotatable bonds is 4. The summed E-state index contributed by atoms with van der Waals surface area (Å²) in [7, 11) is 0. The summed E-state index contributed by atoms with van der Waals surface area (Å²) in [5.74, 6) is -0.406. The topological polar surface area (TPSA) is 101 Å². The van der Waals surface area contributed by atoms with E-state index >= 15 is 0 Å². The van der Waals surface area contributed by atoms with Gasteiger partial charge in [0, 0.05) is 24.7 Å². The average Bonchev–Trinajstić information content (AvgIpc) is 3.19. The van der Waals surface area contributed by atoms with Crippen LogP contribution in [-0.4, -0.2) is 32.7 Å². The number of benzene rings is 2. The van der Waals surface area contributed by atoms with E-state index in [1.54, 1.807) is 12.1 Å². The molecule has 0 aliphatic carbocycles. The summed E-state index contributed by atoms with van der Waals surface area (Å²) < 4.78 is 8.43. The monoisotopic (exact) mass is 397 g/mol. The molecule has 9 heteroatoms. The van der Waals surface area contributed by atoms with Crippen LogP contribution in [0.1, 0.15) is 35.2 Å². The average molecular weight is 397 g/mol. The van der Waals surface area contributed by atoms with E-state index in [4.69, 9.17) is 0 Å². The van der Waals surface area contributed by atoms with Crippen LogP contribution >= 0.6 is 11.7 Å². The molecule has 3 aromatic rings. The summed E-state index contributed by atoms with van der Waals surface area (Å²) in [4.78, 5) is 26.0. The van der Waals surface area contributed by atoms with E-state index in [1.807, 2.05) is 24.0 Å². The minimum atomic E-state index is -0.420. The fourth-order valence-electron chi connectivity index (χ4n) is 3.51. The van der Waals surface area contributed by atoms with Crippen molar-refractivity contribution in [2.24, 2.45) is 0 Å². The Morgan fingerprint density at radius 2 is 1.96 bits per heavy atom. The second kappa shape index (κ2) is 7.51. The molecule has 0 spiro atoms.